The highest BCUT2D eigenvalue weighted by atomic mass is 16.1. The van der Waals surface area contributed by atoms with Crippen LogP contribution in [0.3, 0.4) is 0 Å². The lowest BCUT2D eigenvalue weighted by Crippen LogP contribution is -2.38. The van der Waals surface area contributed by atoms with Gasteiger partial charge in [-0.15, -0.1) is 0 Å². The molecule has 0 amide bonds. The predicted molar refractivity (Wildman–Crippen MR) is 36.3 cm³/mol. The van der Waals surface area contributed by atoms with Crippen LogP contribution in [0.2, 0.25) is 0 Å². The Morgan fingerprint density at radius 1 is 1.67 bits per heavy atom. The van der Waals surface area contributed by atoms with Crippen LogP contribution in [0.5, 0.6) is 0 Å². The minimum atomic E-state index is 0.133. The summed E-state index contributed by atoms with van der Waals surface area (Å²) >= 11 is 0. The van der Waals surface area contributed by atoms with E-state index in [2.05, 4.69) is 12.2 Å². The van der Waals surface area contributed by atoms with Gasteiger partial charge in [0.2, 0.25) is 0 Å². The Kier molecular flexibility index (Phi) is 2.22. The molecule has 0 aliphatic carbocycles. The normalized spacial score (nSPS) is 36.1. The monoisotopic (exact) mass is 127 g/mol. The predicted octanol–water partition coefficient (Wildman–Crippen LogP) is 0.573. The van der Waals surface area contributed by atoms with Gasteiger partial charge in [-0.05, 0) is 25.3 Å². The summed E-state index contributed by atoms with van der Waals surface area (Å²) in [7, 11) is 0. The van der Waals surface area contributed by atoms with Gasteiger partial charge in [-0.25, -0.2) is 0 Å². The maximum Gasteiger partial charge on any atom is 0.136 e. The smallest absolute Gasteiger partial charge is 0.136 e. The third-order valence-electron chi connectivity index (χ3n) is 1.86. The molecule has 1 aliphatic rings. The minimum absolute atomic E-state index is 0.133. The van der Waals surface area contributed by atoms with E-state index in [0.717, 1.165) is 25.2 Å². The van der Waals surface area contributed by atoms with E-state index < -0.39 is 0 Å². The lowest BCUT2D eigenvalue weighted by atomic mass is 9.95. The second-order valence-electron chi connectivity index (χ2n) is 2.83. The summed E-state index contributed by atoms with van der Waals surface area (Å²) in [5.74, 6) is 0.724. The average Bonchev–Trinajstić information content (AvgIpc) is 1.88. The quantitative estimate of drug-likeness (QED) is 0.522. The van der Waals surface area contributed by atoms with Crippen molar-refractivity contribution in [3.05, 3.63) is 0 Å². The summed E-state index contributed by atoms with van der Waals surface area (Å²) in [6, 6.07) is 0.133. The van der Waals surface area contributed by atoms with Gasteiger partial charge in [0.25, 0.3) is 0 Å². The molecule has 1 rings (SSSR count). The molecular weight excluding hydrogens is 114 g/mol. The fraction of sp³-hybridized carbons (Fsp3) is 0.857. The van der Waals surface area contributed by atoms with E-state index in [9.17, 15) is 4.79 Å². The third kappa shape index (κ3) is 1.79. The van der Waals surface area contributed by atoms with Gasteiger partial charge >= 0.3 is 0 Å². The second-order valence-corrected chi connectivity index (χ2v) is 2.83. The first-order valence-corrected chi connectivity index (χ1v) is 3.51. The van der Waals surface area contributed by atoms with Crippen LogP contribution in [0.25, 0.3) is 0 Å². The molecule has 1 aliphatic heterocycles. The van der Waals surface area contributed by atoms with E-state index in [4.69, 9.17) is 0 Å². The van der Waals surface area contributed by atoms with Crippen LogP contribution in [0.1, 0.15) is 19.8 Å². The van der Waals surface area contributed by atoms with Crippen molar-refractivity contribution in [3.8, 4) is 0 Å². The zero-order chi connectivity index (χ0) is 6.69. The molecule has 52 valence electrons. The average molecular weight is 127 g/mol. The number of hydrogen-bond acceptors (Lipinski definition) is 2. The summed E-state index contributed by atoms with van der Waals surface area (Å²) in [5.41, 5.74) is 0. The minimum Gasteiger partial charge on any atom is -0.308 e. The van der Waals surface area contributed by atoms with Crippen LogP contribution >= 0.6 is 0 Å². The molecule has 9 heavy (non-hydrogen) atoms. The van der Waals surface area contributed by atoms with E-state index in [1.54, 1.807) is 0 Å². The molecule has 0 saturated carbocycles. The van der Waals surface area contributed by atoms with Gasteiger partial charge in [-0.1, -0.05) is 6.92 Å². The number of carbonyl (C=O) groups excluding carboxylic acids is 1. The van der Waals surface area contributed by atoms with Crippen molar-refractivity contribution >= 4 is 6.29 Å². The second kappa shape index (κ2) is 2.97. The van der Waals surface area contributed by atoms with E-state index >= 15 is 0 Å². The first-order valence-electron chi connectivity index (χ1n) is 3.51. The summed E-state index contributed by atoms with van der Waals surface area (Å²) < 4.78 is 0. The Bertz CT molecular complexity index is 103. The fourth-order valence-corrected chi connectivity index (χ4v) is 1.25. The van der Waals surface area contributed by atoms with Gasteiger partial charge in [0.1, 0.15) is 6.29 Å². The molecule has 0 aromatic carbocycles. The number of carbonyl (C=O) groups is 1. The van der Waals surface area contributed by atoms with Crippen molar-refractivity contribution in [3.63, 3.8) is 0 Å². The van der Waals surface area contributed by atoms with Gasteiger partial charge < -0.3 is 10.1 Å². The molecule has 0 aromatic rings. The standard InChI is InChI=1S/C7H13NO/c1-6-2-3-8-7(4-6)5-9/h5-8H,2-4H2,1H3/t6?,7-/m1/s1. The number of hydrogen-bond donors (Lipinski definition) is 1. The third-order valence-corrected chi connectivity index (χ3v) is 1.86. The molecule has 0 spiro atoms. The van der Waals surface area contributed by atoms with Gasteiger partial charge in [0.05, 0.1) is 6.04 Å². The lowest BCUT2D eigenvalue weighted by molar-refractivity contribution is -0.110. The van der Waals surface area contributed by atoms with Crippen LogP contribution in [-0.4, -0.2) is 18.9 Å². The van der Waals surface area contributed by atoms with Gasteiger partial charge in [-0.3, -0.25) is 0 Å². The molecule has 2 heteroatoms. The first-order chi connectivity index (χ1) is 4.33. The largest absolute Gasteiger partial charge is 0.308 e. The molecule has 1 unspecified atom stereocenters. The van der Waals surface area contributed by atoms with E-state index in [1.807, 2.05) is 0 Å². The topological polar surface area (TPSA) is 29.1 Å². The van der Waals surface area contributed by atoms with Crippen molar-refractivity contribution in [1.29, 1.82) is 0 Å². The van der Waals surface area contributed by atoms with Crippen molar-refractivity contribution in [2.24, 2.45) is 5.92 Å². The van der Waals surface area contributed by atoms with Crippen LogP contribution in [-0.2, 0) is 4.79 Å². The highest BCUT2D eigenvalue weighted by Gasteiger charge is 2.16. The molecule has 0 bridgehead atoms. The van der Waals surface area contributed by atoms with Crippen molar-refractivity contribution in [1.82, 2.24) is 5.32 Å². The Labute approximate surface area is 55.6 Å². The summed E-state index contributed by atoms with van der Waals surface area (Å²) in [4.78, 5) is 10.2. The van der Waals surface area contributed by atoms with Gasteiger partial charge in [-0.2, -0.15) is 0 Å². The van der Waals surface area contributed by atoms with Crippen molar-refractivity contribution < 1.29 is 4.79 Å². The molecule has 1 heterocycles. The zero-order valence-electron chi connectivity index (χ0n) is 5.76. The van der Waals surface area contributed by atoms with Gasteiger partial charge in [0.15, 0.2) is 0 Å². The van der Waals surface area contributed by atoms with Crippen LogP contribution in [0.4, 0.5) is 0 Å². The number of nitrogens with one attached hydrogen (secondary N) is 1. The first kappa shape index (κ1) is 6.75. The van der Waals surface area contributed by atoms with Crippen molar-refractivity contribution in [2.75, 3.05) is 6.54 Å². The Balaban J connectivity index is 2.31. The zero-order valence-corrected chi connectivity index (χ0v) is 5.76. The molecular formula is C7H13NO. The maximum atomic E-state index is 10.2. The molecule has 1 N–H and O–H groups in total. The van der Waals surface area contributed by atoms with E-state index in [-0.39, 0.29) is 6.04 Å². The highest BCUT2D eigenvalue weighted by Crippen LogP contribution is 2.12. The fourth-order valence-electron chi connectivity index (χ4n) is 1.25. The number of aldehydes is 1. The maximum absolute atomic E-state index is 10.2. The molecule has 2 nitrogen and oxygen atoms in total. The molecule has 0 radical (unpaired) electrons. The summed E-state index contributed by atoms with van der Waals surface area (Å²) in [6.45, 7) is 3.20. The Hall–Kier alpha value is -0.370. The highest BCUT2D eigenvalue weighted by molar-refractivity contribution is 5.57. The summed E-state index contributed by atoms with van der Waals surface area (Å²) in [5, 5.41) is 3.13. The van der Waals surface area contributed by atoms with Crippen LogP contribution in [0, 0.1) is 5.92 Å². The van der Waals surface area contributed by atoms with Crippen LogP contribution < -0.4 is 5.32 Å². The van der Waals surface area contributed by atoms with E-state index in [0.29, 0.717) is 0 Å². The number of rotatable bonds is 1. The molecule has 1 saturated heterocycles. The van der Waals surface area contributed by atoms with Crippen molar-refractivity contribution in [2.45, 2.75) is 25.8 Å². The SMILES string of the molecule is CC1CCN[C@@H](C=O)C1. The van der Waals surface area contributed by atoms with E-state index in [1.165, 1.54) is 6.42 Å². The molecule has 0 aromatic heterocycles. The van der Waals surface area contributed by atoms with Crippen LogP contribution in [0.15, 0.2) is 0 Å². The molecule has 2 atom stereocenters. The summed E-state index contributed by atoms with van der Waals surface area (Å²) in [6.07, 6.45) is 3.24. The Morgan fingerprint density at radius 3 is 2.89 bits per heavy atom. The molecule has 1 fully saturated rings. The Morgan fingerprint density at radius 2 is 2.44 bits per heavy atom. The lowest BCUT2D eigenvalue weighted by Gasteiger charge is -2.23. The number of piperidine rings is 1. The van der Waals surface area contributed by atoms with Gasteiger partial charge in [0, 0.05) is 0 Å².